The van der Waals surface area contributed by atoms with Crippen molar-refractivity contribution in [3.8, 4) is 0 Å². The van der Waals surface area contributed by atoms with Crippen LogP contribution in [0.4, 0.5) is 0 Å². The first-order chi connectivity index (χ1) is 5.60. The highest BCUT2D eigenvalue weighted by Gasteiger charge is 2.69. The molecule has 68 valence electrons. The molecule has 3 rings (SSSR count). The number of epoxide rings is 1. The Labute approximate surface area is 73.1 Å². The van der Waals surface area contributed by atoms with E-state index in [9.17, 15) is 0 Å². The molecule has 4 unspecified atom stereocenters. The van der Waals surface area contributed by atoms with Crippen LogP contribution >= 0.6 is 0 Å². The second-order valence-electron chi connectivity index (χ2n) is 5.06. The maximum atomic E-state index is 5.99. The molecule has 3 aliphatic heterocycles. The van der Waals surface area contributed by atoms with Crippen molar-refractivity contribution in [3.63, 3.8) is 0 Å². The van der Waals surface area contributed by atoms with Crippen LogP contribution in [0.15, 0.2) is 0 Å². The number of piperidine rings is 1. The molecular weight excluding hydrogens is 152 g/mol. The first kappa shape index (κ1) is 7.30. The normalized spacial score (nSPS) is 59.8. The largest absolute Gasteiger partial charge is 0.357 e. The summed E-state index contributed by atoms with van der Waals surface area (Å²) in [4.78, 5) is 0. The number of quaternary nitrogens is 1. The Morgan fingerprint density at radius 2 is 1.67 bits per heavy atom. The lowest BCUT2D eigenvalue weighted by Crippen LogP contribution is -2.60. The van der Waals surface area contributed by atoms with Crippen molar-refractivity contribution in [2.24, 2.45) is 5.73 Å². The van der Waals surface area contributed by atoms with E-state index in [0.29, 0.717) is 30.3 Å². The average molecular weight is 169 g/mol. The highest BCUT2D eigenvalue weighted by atomic mass is 16.6. The monoisotopic (exact) mass is 169 g/mol. The van der Waals surface area contributed by atoms with Crippen LogP contribution in [0.3, 0.4) is 0 Å². The van der Waals surface area contributed by atoms with Crippen molar-refractivity contribution in [1.29, 1.82) is 0 Å². The Balaban J connectivity index is 1.96. The van der Waals surface area contributed by atoms with E-state index < -0.39 is 0 Å². The molecule has 0 amide bonds. The van der Waals surface area contributed by atoms with Gasteiger partial charge in [-0.1, -0.05) is 0 Å². The summed E-state index contributed by atoms with van der Waals surface area (Å²) in [5.74, 6) is 0. The zero-order valence-corrected chi connectivity index (χ0v) is 7.73. The van der Waals surface area contributed by atoms with E-state index in [1.165, 1.54) is 0 Å². The number of ether oxygens (including phenoxy) is 1. The molecule has 0 spiro atoms. The Bertz CT molecular complexity index is 209. The van der Waals surface area contributed by atoms with Crippen molar-refractivity contribution in [1.82, 2.24) is 0 Å². The Morgan fingerprint density at radius 3 is 2.17 bits per heavy atom. The molecule has 3 heterocycles. The predicted molar refractivity (Wildman–Crippen MR) is 45.6 cm³/mol. The minimum Gasteiger partial charge on any atom is -0.357 e. The van der Waals surface area contributed by atoms with Gasteiger partial charge in [0, 0.05) is 18.9 Å². The van der Waals surface area contributed by atoms with E-state index >= 15 is 0 Å². The third-order valence-corrected chi connectivity index (χ3v) is 4.12. The number of likely N-dealkylation sites (N-methyl/N-ethyl adjacent to an activating group) is 1. The van der Waals surface area contributed by atoms with Crippen LogP contribution in [0.25, 0.3) is 0 Å². The van der Waals surface area contributed by atoms with Gasteiger partial charge in [-0.3, -0.25) is 0 Å². The van der Waals surface area contributed by atoms with E-state index in [1.807, 2.05) is 0 Å². The quantitative estimate of drug-likeness (QED) is 0.399. The van der Waals surface area contributed by atoms with Crippen LogP contribution in [0.5, 0.6) is 0 Å². The highest BCUT2D eigenvalue weighted by molar-refractivity contribution is 5.08. The highest BCUT2D eigenvalue weighted by Crippen LogP contribution is 2.50. The average Bonchev–Trinajstić information content (AvgIpc) is 2.66. The van der Waals surface area contributed by atoms with Gasteiger partial charge in [-0.25, -0.2) is 0 Å². The topological polar surface area (TPSA) is 38.5 Å². The molecule has 3 fully saturated rings. The third kappa shape index (κ3) is 0.679. The van der Waals surface area contributed by atoms with Gasteiger partial charge < -0.3 is 15.0 Å². The zero-order valence-electron chi connectivity index (χ0n) is 7.73. The molecule has 2 N–H and O–H groups in total. The van der Waals surface area contributed by atoms with Crippen LogP contribution < -0.4 is 5.73 Å². The summed E-state index contributed by atoms with van der Waals surface area (Å²) in [5.41, 5.74) is 5.99. The van der Waals surface area contributed by atoms with Crippen LogP contribution in [0, 0.1) is 0 Å². The molecule has 3 heteroatoms. The number of nitrogens with two attached hydrogens (primary N) is 1. The van der Waals surface area contributed by atoms with Crippen molar-refractivity contribution in [2.45, 2.75) is 43.2 Å². The minimum atomic E-state index is 0.433. The molecule has 0 saturated carbocycles. The van der Waals surface area contributed by atoms with E-state index in [2.05, 4.69) is 14.1 Å². The van der Waals surface area contributed by atoms with Gasteiger partial charge in [0.25, 0.3) is 0 Å². The van der Waals surface area contributed by atoms with Crippen molar-refractivity contribution >= 4 is 0 Å². The predicted octanol–water partition coefficient (Wildman–Crippen LogP) is -0.298. The van der Waals surface area contributed by atoms with Gasteiger partial charge in [-0.2, -0.15) is 0 Å². The molecule has 0 aromatic rings. The summed E-state index contributed by atoms with van der Waals surface area (Å²) in [6.07, 6.45) is 3.42. The fourth-order valence-electron chi connectivity index (χ4n) is 3.29. The summed E-state index contributed by atoms with van der Waals surface area (Å²) in [5, 5.41) is 0. The molecule has 0 aromatic heterocycles. The fraction of sp³-hybridized carbons (Fsp3) is 1.00. The van der Waals surface area contributed by atoms with Crippen LogP contribution in [0.1, 0.15) is 12.8 Å². The second kappa shape index (κ2) is 1.86. The van der Waals surface area contributed by atoms with E-state index in [1.54, 1.807) is 0 Å². The fourth-order valence-corrected chi connectivity index (χ4v) is 3.29. The smallest absolute Gasteiger partial charge is 0.142 e. The summed E-state index contributed by atoms with van der Waals surface area (Å²) in [6, 6.07) is 1.80. The Kier molecular flexibility index (Phi) is 1.13. The summed E-state index contributed by atoms with van der Waals surface area (Å²) in [6.45, 7) is 0. The maximum Gasteiger partial charge on any atom is 0.142 e. The van der Waals surface area contributed by atoms with Gasteiger partial charge in [0.05, 0.1) is 14.1 Å². The molecular formula is C9H17N2O+. The number of fused-ring (bicyclic) bond motifs is 5. The molecule has 3 aliphatic rings. The van der Waals surface area contributed by atoms with Crippen LogP contribution in [0.2, 0.25) is 0 Å². The first-order valence-corrected chi connectivity index (χ1v) is 4.85. The van der Waals surface area contributed by atoms with Crippen molar-refractivity contribution in [2.75, 3.05) is 14.1 Å². The standard InChI is InChI=1S/C9H17N2O/c1-11(2)6-3-5(10)4-7(11)9-8(6)12-9/h5-9H,3-4,10H2,1-2H3/q+1. The number of hydrogen-bond acceptors (Lipinski definition) is 2. The van der Waals surface area contributed by atoms with Crippen molar-refractivity contribution < 1.29 is 9.22 Å². The first-order valence-electron chi connectivity index (χ1n) is 4.85. The molecule has 12 heavy (non-hydrogen) atoms. The molecule has 0 radical (unpaired) electrons. The third-order valence-electron chi connectivity index (χ3n) is 4.12. The lowest BCUT2D eigenvalue weighted by Gasteiger charge is -2.45. The second-order valence-corrected chi connectivity index (χ2v) is 5.06. The molecule has 2 bridgehead atoms. The molecule has 3 nitrogen and oxygen atoms in total. The molecule has 0 aromatic carbocycles. The molecule has 4 atom stereocenters. The lowest BCUT2D eigenvalue weighted by molar-refractivity contribution is -0.937. The van der Waals surface area contributed by atoms with E-state index in [0.717, 1.165) is 17.3 Å². The SMILES string of the molecule is C[N+]1(C)C2CC(N)CC1C1OC12. The summed E-state index contributed by atoms with van der Waals surface area (Å²) < 4.78 is 6.79. The van der Waals surface area contributed by atoms with Crippen LogP contribution in [-0.2, 0) is 4.74 Å². The van der Waals surface area contributed by atoms with E-state index in [4.69, 9.17) is 10.5 Å². The number of nitrogens with zero attached hydrogens (tertiary/aromatic N) is 1. The number of rotatable bonds is 0. The Hall–Kier alpha value is -0.120. The van der Waals surface area contributed by atoms with Gasteiger partial charge in [0.1, 0.15) is 24.3 Å². The maximum absolute atomic E-state index is 5.99. The number of morpholine rings is 1. The van der Waals surface area contributed by atoms with Crippen LogP contribution in [-0.4, -0.2) is 48.9 Å². The van der Waals surface area contributed by atoms with Gasteiger partial charge in [0.2, 0.25) is 0 Å². The van der Waals surface area contributed by atoms with Crippen molar-refractivity contribution in [3.05, 3.63) is 0 Å². The summed E-state index contributed by atoms with van der Waals surface area (Å²) >= 11 is 0. The van der Waals surface area contributed by atoms with Gasteiger partial charge >= 0.3 is 0 Å². The minimum absolute atomic E-state index is 0.433. The lowest BCUT2D eigenvalue weighted by atomic mass is 9.95. The Morgan fingerprint density at radius 1 is 1.17 bits per heavy atom. The van der Waals surface area contributed by atoms with E-state index in [-0.39, 0.29) is 0 Å². The zero-order chi connectivity index (χ0) is 8.51. The summed E-state index contributed by atoms with van der Waals surface area (Å²) in [7, 11) is 4.66. The van der Waals surface area contributed by atoms with Gasteiger partial charge in [0.15, 0.2) is 0 Å². The van der Waals surface area contributed by atoms with Gasteiger partial charge in [-0.15, -0.1) is 0 Å². The number of hydrogen-bond donors (Lipinski definition) is 1. The van der Waals surface area contributed by atoms with Gasteiger partial charge in [-0.05, 0) is 0 Å². The molecule has 0 aliphatic carbocycles. The molecule has 3 saturated heterocycles.